The van der Waals surface area contributed by atoms with Crippen molar-refractivity contribution in [1.82, 2.24) is 4.90 Å². The smallest absolute Gasteiger partial charge is 0.312 e. The molecule has 7 nitrogen and oxygen atoms in total. The van der Waals surface area contributed by atoms with Gasteiger partial charge in [0.25, 0.3) is 5.91 Å². The maximum absolute atomic E-state index is 12.6. The van der Waals surface area contributed by atoms with Gasteiger partial charge in [-0.15, -0.1) is 0 Å². The highest BCUT2D eigenvalue weighted by atomic mass is 16.5. The second-order valence-corrected chi connectivity index (χ2v) is 7.26. The van der Waals surface area contributed by atoms with Gasteiger partial charge in [-0.25, -0.2) is 0 Å². The highest BCUT2D eigenvalue weighted by Crippen LogP contribution is 2.29. The normalized spacial score (nSPS) is 17.7. The average molecular weight is 405 g/mol. The summed E-state index contributed by atoms with van der Waals surface area (Å²) in [6, 6.07) is 18.0. The summed E-state index contributed by atoms with van der Waals surface area (Å²) in [6.07, 6.45) is -0.998. The predicted octanol–water partition coefficient (Wildman–Crippen LogP) is 3.04. The first-order chi connectivity index (χ1) is 14.4. The van der Waals surface area contributed by atoms with Crippen LogP contribution in [0.2, 0.25) is 0 Å². The number of benzene rings is 2. The van der Waals surface area contributed by atoms with Crippen molar-refractivity contribution in [2.75, 3.05) is 11.9 Å². The van der Waals surface area contributed by atoms with Crippen LogP contribution in [0.3, 0.4) is 0 Å². The number of hydrogen-bond acceptors (Lipinski definition) is 5. The van der Waals surface area contributed by atoms with Gasteiger partial charge in [-0.2, -0.15) is 5.26 Å². The minimum Gasteiger partial charge on any atom is -0.452 e. The summed E-state index contributed by atoms with van der Waals surface area (Å²) in [5, 5.41) is 11.7. The van der Waals surface area contributed by atoms with Gasteiger partial charge in [-0.05, 0) is 31.5 Å². The Hall–Kier alpha value is -3.66. The molecule has 3 rings (SSSR count). The Bertz CT molecular complexity index is 983. The summed E-state index contributed by atoms with van der Waals surface area (Å²) in [5.41, 5.74) is 1.66. The lowest BCUT2D eigenvalue weighted by Crippen LogP contribution is -2.34. The summed E-state index contributed by atoms with van der Waals surface area (Å²) in [4.78, 5) is 39.0. The molecule has 0 aromatic heterocycles. The molecule has 0 radical (unpaired) electrons. The number of likely N-dealkylation sites (tertiary alicyclic amines) is 1. The van der Waals surface area contributed by atoms with Gasteiger partial charge in [-0.3, -0.25) is 14.4 Å². The van der Waals surface area contributed by atoms with E-state index < -0.39 is 23.9 Å². The lowest BCUT2D eigenvalue weighted by molar-refractivity contribution is -0.157. The van der Waals surface area contributed by atoms with E-state index in [1.807, 2.05) is 43.3 Å². The standard InChI is InChI=1S/C23H23N3O4/c1-15(17-8-4-3-5-9-17)26-14-19(12-21(26)27)23(29)30-16(2)22(28)25-20-11-7-6-10-18(20)13-24/h3-11,15-16,19H,12,14H2,1-2H3,(H,25,28)/t15-,16-,19+/m0/s1. The van der Waals surface area contributed by atoms with E-state index in [0.717, 1.165) is 5.56 Å². The van der Waals surface area contributed by atoms with Crippen LogP contribution in [-0.4, -0.2) is 35.3 Å². The second kappa shape index (κ2) is 9.23. The lowest BCUT2D eigenvalue weighted by atomic mass is 10.1. The van der Waals surface area contributed by atoms with Gasteiger partial charge in [0.2, 0.25) is 5.91 Å². The molecule has 2 aromatic rings. The van der Waals surface area contributed by atoms with Crippen LogP contribution in [0.4, 0.5) is 5.69 Å². The zero-order chi connectivity index (χ0) is 21.7. The van der Waals surface area contributed by atoms with E-state index in [9.17, 15) is 14.4 Å². The van der Waals surface area contributed by atoms with Gasteiger partial charge < -0.3 is 15.0 Å². The van der Waals surface area contributed by atoms with Crippen LogP contribution >= 0.6 is 0 Å². The number of hydrogen-bond donors (Lipinski definition) is 1. The fraction of sp³-hybridized carbons (Fsp3) is 0.304. The minimum atomic E-state index is -1.06. The highest BCUT2D eigenvalue weighted by Gasteiger charge is 2.38. The first-order valence-electron chi connectivity index (χ1n) is 9.75. The molecule has 0 unspecified atom stereocenters. The average Bonchev–Trinajstić information content (AvgIpc) is 3.15. The maximum atomic E-state index is 12.6. The van der Waals surface area contributed by atoms with E-state index in [-0.39, 0.29) is 24.9 Å². The molecular formula is C23H23N3O4. The van der Waals surface area contributed by atoms with Crippen LogP contribution in [0.15, 0.2) is 54.6 Å². The van der Waals surface area contributed by atoms with Crippen LogP contribution in [0.1, 0.15) is 37.4 Å². The lowest BCUT2D eigenvalue weighted by Gasteiger charge is -2.25. The van der Waals surface area contributed by atoms with Crippen molar-refractivity contribution >= 4 is 23.5 Å². The number of nitriles is 1. The van der Waals surface area contributed by atoms with E-state index in [2.05, 4.69) is 5.32 Å². The topological polar surface area (TPSA) is 99.5 Å². The molecule has 2 aromatic carbocycles. The molecule has 1 heterocycles. The van der Waals surface area contributed by atoms with Crippen LogP contribution < -0.4 is 5.32 Å². The van der Waals surface area contributed by atoms with Crippen molar-refractivity contribution in [2.24, 2.45) is 5.92 Å². The molecule has 7 heteroatoms. The van der Waals surface area contributed by atoms with Crippen molar-refractivity contribution in [3.8, 4) is 6.07 Å². The number of rotatable bonds is 6. The van der Waals surface area contributed by atoms with Crippen LogP contribution in [-0.2, 0) is 19.1 Å². The molecule has 2 amide bonds. The predicted molar refractivity (Wildman–Crippen MR) is 110 cm³/mol. The van der Waals surface area contributed by atoms with Crippen LogP contribution in [0.25, 0.3) is 0 Å². The zero-order valence-electron chi connectivity index (χ0n) is 16.9. The molecule has 1 aliphatic rings. The summed E-state index contributed by atoms with van der Waals surface area (Å²) in [7, 11) is 0. The van der Waals surface area contributed by atoms with Gasteiger partial charge in [0.15, 0.2) is 6.10 Å². The number of anilines is 1. The molecular weight excluding hydrogens is 382 g/mol. The number of nitrogens with zero attached hydrogens (tertiary/aromatic N) is 2. The highest BCUT2D eigenvalue weighted by molar-refractivity contribution is 5.96. The summed E-state index contributed by atoms with van der Waals surface area (Å²) in [6.45, 7) is 3.63. The third kappa shape index (κ3) is 4.66. The summed E-state index contributed by atoms with van der Waals surface area (Å²) >= 11 is 0. The molecule has 1 aliphatic heterocycles. The molecule has 1 saturated heterocycles. The Morgan fingerprint density at radius 1 is 1.13 bits per heavy atom. The minimum absolute atomic E-state index is 0.0572. The molecule has 3 atom stereocenters. The van der Waals surface area contributed by atoms with Crippen molar-refractivity contribution in [1.29, 1.82) is 5.26 Å². The molecule has 154 valence electrons. The maximum Gasteiger partial charge on any atom is 0.312 e. The van der Waals surface area contributed by atoms with E-state index in [4.69, 9.17) is 10.00 Å². The number of carbonyl (C=O) groups excluding carboxylic acids is 3. The van der Waals surface area contributed by atoms with Crippen molar-refractivity contribution in [3.63, 3.8) is 0 Å². The van der Waals surface area contributed by atoms with Crippen molar-refractivity contribution in [3.05, 3.63) is 65.7 Å². The Morgan fingerprint density at radius 3 is 2.50 bits per heavy atom. The Kier molecular flexibility index (Phi) is 6.48. The SMILES string of the molecule is C[C@H](OC(=O)[C@@H]1CC(=O)N([C@@H](C)c2ccccc2)C1)C(=O)Nc1ccccc1C#N. The van der Waals surface area contributed by atoms with Crippen molar-refractivity contribution in [2.45, 2.75) is 32.4 Å². The molecule has 30 heavy (non-hydrogen) atoms. The monoisotopic (exact) mass is 405 g/mol. The van der Waals surface area contributed by atoms with E-state index >= 15 is 0 Å². The molecule has 1 fully saturated rings. The van der Waals surface area contributed by atoms with Gasteiger partial charge in [0, 0.05) is 13.0 Å². The number of ether oxygens (including phenoxy) is 1. The summed E-state index contributed by atoms with van der Waals surface area (Å²) in [5.74, 6) is -1.86. The number of nitrogens with one attached hydrogen (secondary N) is 1. The van der Waals surface area contributed by atoms with Gasteiger partial charge in [0.05, 0.1) is 23.2 Å². The second-order valence-electron chi connectivity index (χ2n) is 7.26. The third-order valence-electron chi connectivity index (χ3n) is 5.21. The largest absolute Gasteiger partial charge is 0.452 e. The van der Waals surface area contributed by atoms with Gasteiger partial charge in [0.1, 0.15) is 6.07 Å². The third-order valence-corrected chi connectivity index (χ3v) is 5.21. The fourth-order valence-corrected chi connectivity index (χ4v) is 3.42. The first-order valence-corrected chi connectivity index (χ1v) is 9.75. The number of para-hydroxylation sites is 1. The van der Waals surface area contributed by atoms with Gasteiger partial charge >= 0.3 is 5.97 Å². The number of amides is 2. The molecule has 0 spiro atoms. The van der Waals surface area contributed by atoms with E-state index in [0.29, 0.717) is 11.3 Å². The summed E-state index contributed by atoms with van der Waals surface area (Å²) < 4.78 is 5.31. The fourth-order valence-electron chi connectivity index (χ4n) is 3.42. The van der Waals surface area contributed by atoms with E-state index in [1.54, 1.807) is 29.2 Å². The quantitative estimate of drug-likeness (QED) is 0.745. The van der Waals surface area contributed by atoms with E-state index in [1.165, 1.54) is 6.92 Å². The molecule has 0 aliphatic carbocycles. The first kappa shape index (κ1) is 21.1. The molecule has 0 saturated carbocycles. The Balaban J connectivity index is 1.58. The Morgan fingerprint density at radius 2 is 1.80 bits per heavy atom. The Labute approximate surface area is 175 Å². The zero-order valence-corrected chi connectivity index (χ0v) is 16.9. The van der Waals surface area contributed by atoms with Crippen LogP contribution in [0, 0.1) is 17.2 Å². The van der Waals surface area contributed by atoms with Crippen molar-refractivity contribution < 1.29 is 19.1 Å². The van der Waals surface area contributed by atoms with Gasteiger partial charge in [-0.1, -0.05) is 42.5 Å². The number of esters is 1. The van der Waals surface area contributed by atoms with Crippen LogP contribution in [0.5, 0.6) is 0 Å². The molecule has 1 N–H and O–H groups in total. The molecule has 0 bridgehead atoms. The number of carbonyl (C=O) groups is 3.